The molecule has 3 heteroatoms. The third-order valence-electron chi connectivity index (χ3n) is 4.27. The van der Waals surface area contributed by atoms with Gasteiger partial charge in [-0.15, -0.1) is 0 Å². The molecule has 0 fully saturated rings. The summed E-state index contributed by atoms with van der Waals surface area (Å²) in [5.41, 5.74) is 0.999. The van der Waals surface area contributed by atoms with E-state index in [1.165, 1.54) is 5.57 Å². The Balaban J connectivity index is 2.85. The highest BCUT2D eigenvalue weighted by atomic mass is 16.5. The predicted octanol–water partition coefficient (Wildman–Crippen LogP) is 4.82. The van der Waals surface area contributed by atoms with E-state index < -0.39 is 0 Å². The standard InChI is InChI=1S/C19H32O3/c1-6-13-21-19(4,5)17(15(3)22-18(20)7-2)14-16-11-9-8-10-12-16/h9,11-12,15,17H,6-8,10,13-14H2,1-5H3/t15?,17-/m0/s1. The van der Waals surface area contributed by atoms with E-state index in [4.69, 9.17) is 9.47 Å². The summed E-state index contributed by atoms with van der Waals surface area (Å²) in [6.07, 6.45) is 11.0. The summed E-state index contributed by atoms with van der Waals surface area (Å²) in [4.78, 5) is 11.7. The zero-order valence-electron chi connectivity index (χ0n) is 14.9. The van der Waals surface area contributed by atoms with Gasteiger partial charge in [-0.2, -0.15) is 0 Å². The summed E-state index contributed by atoms with van der Waals surface area (Å²) >= 11 is 0. The van der Waals surface area contributed by atoms with E-state index >= 15 is 0 Å². The van der Waals surface area contributed by atoms with Crippen molar-refractivity contribution in [3.05, 3.63) is 23.8 Å². The van der Waals surface area contributed by atoms with Gasteiger partial charge >= 0.3 is 5.97 Å². The molecule has 0 saturated carbocycles. The smallest absolute Gasteiger partial charge is 0.305 e. The van der Waals surface area contributed by atoms with Crippen LogP contribution in [-0.4, -0.2) is 24.3 Å². The number of esters is 1. The maximum absolute atomic E-state index is 11.7. The normalized spacial score (nSPS) is 17.8. The lowest BCUT2D eigenvalue weighted by Crippen LogP contribution is -2.43. The lowest BCUT2D eigenvalue weighted by atomic mass is 9.80. The minimum atomic E-state index is -0.324. The molecule has 1 aliphatic rings. The fourth-order valence-corrected chi connectivity index (χ4v) is 2.89. The van der Waals surface area contributed by atoms with Crippen LogP contribution in [0.5, 0.6) is 0 Å². The van der Waals surface area contributed by atoms with Gasteiger partial charge in [0.15, 0.2) is 0 Å². The molecule has 1 aliphatic carbocycles. The Bertz CT molecular complexity index is 407. The van der Waals surface area contributed by atoms with Gasteiger partial charge in [0, 0.05) is 18.9 Å². The molecule has 0 spiro atoms. The van der Waals surface area contributed by atoms with Crippen molar-refractivity contribution in [2.75, 3.05) is 6.61 Å². The zero-order chi connectivity index (χ0) is 16.6. The molecule has 2 atom stereocenters. The largest absolute Gasteiger partial charge is 0.462 e. The molecular formula is C19H32O3. The molecular weight excluding hydrogens is 276 g/mol. The molecule has 0 aromatic carbocycles. The van der Waals surface area contributed by atoms with Gasteiger partial charge in [-0.25, -0.2) is 0 Å². The first kappa shape index (κ1) is 19.0. The van der Waals surface area contributed by atoms with Crippen molar-refractivity contribution >= 4 is 5.97 Å². The first-order valence-corrected chi connectivity index (χ1v) is 8.59. The molecule has 0 aromatic heterocycles. The first-order chi connectivity index (χ1) is 10.4. The van der Waals surface area contributed by atoms with Crippen LogP contribution >= 0.6 is 0 Å². The van der Waals surface area contributed by atoms with Gasteiger partial charge in [-0.1, -0.05) is 37.6 Å². The average molecular weight is 308 g/mol. The Hall–Kier alpha value is -1.09. The number of hydrogen-bond acceptors (Lipinski definition) is 3. The second-order valence-corrected chi connectivity index (χ2v) is 6.57. The molecule has 0 aliphatic heterocycles. The fraction of sp³-hybridized carbons (Fsp3) is 0.737. The molecule has 0 heterocycles. The van der Waals surface area contributed by atoms with Crippen LogP contribution in [0.25, 0.3) is 0 Å². The van der Waals surface area contributed by atoms with Gasteiger partial charge in [0.05, 0.1) is 5.60 Å². The third kappa shape index (κ3) is 5.96. The van der Waals surface area contributed by atoms with Crippen LogP contribution in [0.15, 0.2) is 23.8 Å². The van der Waals surface area contributed by atoms with Crippen molar-refractivity contribution in [2.24, 2.45) is 5.92 Å². The SMILES string of the molecule is CCCOC(C)(C)[C@@H](CC1=CCCC=C1)C(C)OC(=O)CC. The molecule has 126 valence electrons. The first-order valence-electron chi connectivity index (χ1n) is 8.59. The lowest BCUT2D eigenvalue weighted by Gasteiger charge is -2.38. The van der Waals surface area contributed by atoms with Crippen molar-refractivity contribution in [1.29, 1.82) is 0 Å². The summed E-state index contributed by atoms with van der Waals surface area (Å²) in [5, 5.41) is 0. The Labute approximate surface area is 135 Å². The molecule has 1 unspecified atom stereocenters. The van der Waals surface area contributed by atoms with Crippen LogP contribution in [-0.2, 0) is 14.3 Å². The monoisotopic (exact) mass is 308 g/mol. The highest BCUT2D eigenvalue weighted by Crippen LogP contribution is 2.33. The minimum absolute atomic E-state index is 0.142. The molecule has 0 aromatic rings. The van der Waals surface area contributed by atoms with Crippen molar-refractivity contribution in [1.82, 2.24) is 0 Å². The van der Waals surface area contributed by atoms with Crippen LogP contribution in [0.2, 0.25) is 0 Å². The highest BCUT2D eigenvalue weighted by molar-refractivity contribution is 5.69. The number of allylic oxidation sites excluding steroid dienone is 4. The summed E-state index contributed by atoms with van der Waals surface area (Å²) in [5.74, 6) is 0.000470. The zero-order valence-corrected chi connectivity index (χ0v) is 14.9. The number of hydrogen-bond donors (Lipinski definition) is 0. The summed E-state index contributed by atoms with van der Waals surface area (Å²) in [6.45, 7) is 10.9. The van der Waals surface area contributed by atoms with Crippen molar-refractivity contribution in [3.63, 3.8) is 0 Å². The summed E-state index contributed by atoms with van der Waals surface area (Å²) in [7, 11) is 0. The maximum Gasteiger partial charge on any atom is 0.305 e. The average Bonchev–Trinajstić information content (AvgIpc) is 2.51. The second-order valence-electron chi connectivity index (χ2n) is 6.57. The fourth-order valence-electron chi connectivity index (χ4n) is 2.89. The van der Waals surface area contributed by atoms with E-state index in [-0.39, 0.29) is 23.6 Å². The molecule has 3 nitrogen and oxygen atoms in total. The predicted molar refractivity (Wildman–Crippen MR) is 90.7 cm³/mol. The Morgan fingerprint density at radius 3 is 2.59 bits per heavy atom. The molecule has 0 radical (unpaired) electrons. The van der Waals surface area contributed by atoms with Crippen molar-refractivity contribution < 1.29 is 14.3 Å². The second kappa shape index (κ2) is 9.14. The molecule has 0 amide bonds. The molecule has 0 bridgehead atoms. The van der Waals surface area contributed by atoms with E-state index in [9.17, 15) is 4.79 Å². The third-order valence-corrected chi connectivity index (χ3v) is 4.27. The van der Waals surface area contributed by atoms with E-state index in [1.807, 2.05) is 13.8 Å². The number of ether oxygens (including phenoxy) is 2. The number of carbonyl (C=O) groups excluding carboxylic acids is 1. The quantitative estimate of drug-likeness (QED) is 0.573. The highest BCUT2D eigenvalue weighted by Gasteiger charge is 2.36. The minimum Gasteiger partial charge on any atom is -0.462 e. The van der Waals surface area contributed by atoms with Crippen LogP contribution in [0.4, 0.5) is 0 Å². The number of rotatable bonds is 9. The van der Waals surface area contributed by atoms with Crippen LogP contribution < -0.4 is 0 Å². The molecule has 0 N–H and O–H groups in total. The van der Waals surface area contributed by atoms with Gasteiger partial charge in [-0.3, -0.25) is 4.79 Å². The maximum atomic E-state index is 11.7. The Morgan fingerprint density at radius 1 is 1.32 bits per heavy atom. The van der Waals surface area contributed by atoms with Gasteiger partial charge in [0.2, 0.25) is 0 Å². The van der Waals surface area contributed by atoms with E-state index in [1.54, 1.807) is 0 Å². The summed E-state index contributed by atoms with van der Waals surface area (Å²) < 4.78 is 11.7. The van der Waals surface area contributed by atoms with Gasteiger partial charge in [-0.05, 0) is 46.5 Å². The van der Waals surface area contributed by atoms with E-state index in [0.717, 1.165) is 32.3 Å². The van der Waals surface area contributed by atoms with Crippen molar-refractivity contribution in [3.8, 4) is 0 Å². The van der Waals surface area contributed by atoms with Crippen molar-refractivity contribution in [2.45, 2.75) is 78.4 Å². The van der Waals surface area contributed by atoms with Gasteiger partial charge < -0.3 is 9.47 Å². The number of carbonyl (C=O) groups is 1. The molecule has 1 rings (SSSR count). The van der Waals surface area contributed by atoms with Crippen LogP contribution in [0.1, 0.15) is 66.7 Å². The summed E-state index contributed by atoms with van der Waals surface area (Å²) in [6, 6.07) is 0. The molecule has 22 heavy (non-hydrogen) atoms. The molecule has 0 saturated heterocycles. The van der Waals surface area contributed by atoms with E-state index in [0.29, 0.717) is 6.42 Å². The van der Waals surface area contributed by atoms with Crippen LogP contribution in [0, 0.1) is 5.92 Å². The topological polar surface area (TPSA) is 35.5 Å². The van der Waals surface area contributed by atoms with Crippen LogP contribution in [0.3, 0.4) is 0 Å². The van der Waals surface area contributed by atoms with Gasteiger partial charge in [0.25, 0.3) is 0 Å². The Morgan fingerprint density at radius 2 is 2.05 bits per heavy atom. The Kier molecular flexibility index (Phi) is 7.88. The van der Waals surface area contributed by atoms with E-state index in [2.05, 4.69) is 39.0 Å². The van der Waals surface area contributed by atoms with Gasteiger partial charge in [0.1, 0.15) is 6.10 Å². The lowest BCUT2D eigenvalue weighted by molar-refractivity contribution is -0.158.